The molecule has 2 heterocycles. The lowest BCUT2D eigenvalue weighted by molar-refractivity contribution is 0.0134. The second-order valence-corrected chi connectivity index (χ2v) is 7.83. The molecule has 3 atom stereocenters. The van der Waals surface area contributed by atoms with Crippen molar-refractivity contribution in [2.24, 2.45) is 11.8 Å². The molecule has 114 valence electrons. The van der Waals surface area contributed by atoms with Crippen LogP contribution in [-0.2, 0) is 4.74 Å². The van der Waals surface area contributed by atoms with E-state index in [1.54, 1.807) is 0 Å². The summed E-state index contributed by atoms with van der Waals surface area (Å²) in [6, 6.07) is 0.770. The molecule has 3 nitrogen and oxygen atoms in total. The van der Waals surface area contributed by atoms with E-state index in [4.69, 9.17) is 4.74 Å². The van der Waals surface area contributed by atoms with Crippen molar-refractivity contribution in [3.63, 3.8) is 0 Å². The molecule has 3 unspecified atom stereocenters. The summed E-state index contributed by atoms with van der Waals surface area (Å²) in [5, 5.41) is 3.88. The van der Waals surface area contributed by atoms with Gasteiger partial charge in [-0.3, -0.25) is 4.90 Å². The molecule has 0 bridgehead atoms. The van der Waals surface area contributed by atoms with Gasteiger partial charge in [-0.25, -0.2) is 0 Å². The predicted molar refractivity (Wildman–Crippen MR) is 80.8 cm³/mol. The Hall–Kier alpha value is -0.120. The maximum Gasteiger partial charge on any atom is 0.0588 e. The molecule has 2 saturated heterocycles. The number of ether oxygens (including phenoxy) is 1. The molecule has 4 aliphatic rings. The van der Waals surface area contributed by atoms with Crippen LogP contribution in [0.25, 0.3) is 0 Å². The van der Waals surface area contributed by atoms with Crippen LogP contribution in [-0.4, -0.2) is 48.8 Å². The Labute approximate surface area is 123 Å². The minimum atomic E-state index is 0.421. The van der Waals surface area contributed by atoms with Crippen LogP contribution < -0.4 is 5.32 Å². The highest BCUT2D eigenvalue weighted by atomic mass is 16.5. The lowest BCUT2D eigenvalue weighted by Crippen LogP contribution is -2.65. The molecule has 0 spiro atoms. The van der Waals surface area contributed by atoms with Gasteiger partial charge in [0.1, 0.15) is 0 Å². The first-order chi connectivity index (χ1) is 9.75. The minimum absolute atomic E-state index is 0.421. The first-order valence-electron chi connectivity index (χ1n) is 8.86. The van der Waals surface area contributed by atoms with Crippen LogP contribution in [0.4, 0.5) is 0 Å². The van der Waals surface area contributed by atoms with Gasteiger partial charge in [-0.05, 0) is 63.7 Å². The monoisotopic (exact) mass is 278 g/mol. The minimum Gasteiger partial charge on any atom is -0.378 e. The van der Waals surface area contributed by atoms with Crippen LogP contribution in [0.5, 0.6) is 0 Å². The lowest BCUT2D eigenvalue weighted by atomic mass is 9.88. The molecule has 0 amide bonds. The Balaban J connectivity index is 1.39. The van der Waals surface area contributed by atoms with E-state index in [0.717, 1.165) is 24.5 Å². The van der Waals surface area contributed by atoms with Crippen LogP contribution in [0.3, 0.4) is 0 Å². The molecule has 2 aliphatic carbocycles. The van der Waals surface area contributed by atoms with Crippen LogP contribution in [0, 0.1) is 11.8 Å². The largest absolute Gasteiger partial charge is 0.378 e. The fraction of sp³-hybridized carbons (Fsp3) is 1.00. The summed E-state index contributed by atoms with van der Waals surface area (Å²) in [5.41, 5.74) is 0.421. The molecule has 3 heteroatoms. The zero-order chi connectivity index (χ0) is 13.6. The van der Waals surface area contributed by atoms with E-state index in [9.17, 15) is 0 Å². The quantitative estimate of drug-likeness (QED) is 0.836. The number of hydrogen-bond acceptors (Lipinski definition) is 3. The van der Waals surface area contributed by atoms with Crippen molar-refractivity contribution in [2.75, 3.05) is 26.2 Å². The van der Waals surface area contributed by atoms with E-state index in [0.29, 0.717) is 11.6 Å². The maximum atomic E-state index is 5.83. The lowest BCUT2D eigenvalue weighted by Gasteiger charge is -2.49. The zero-order valence-corrected chi connectivity index (χ0v) is 12.9. The first kappa shape index (κ1) is 13.5. The Kier molecular flexibility index (Phi) is 3.56. The third kappa shape index (κ3) is 2.65. The van der Waals surface area contributed by atoms with Crippen molar-refractivity contribution >= 4 is 0 Å². The Morgan fingerprint density at radius 3 is 2.70 bits per heavy atom. The molecule has 0 aromatic heterocycles. The summed E-state index contributed by atoms with van der Waals surface area (Å²) in [7, 11) is 0. The first-order valence-corrected chi connectivity index (χ1v) is 8.86. The van der Waals surface area contributed by atoms with Crippen molar-refractivity contribution in [1.82, 2.24) is 10.2 Å². The molecule has 2 aliphatic heterocycles. The van der Waals surface area contributed by atoms with Gasteiger partial charge in [0.25, 0.3) is 0 Å². The highest BCUT2D eigenvalue weighted by molar-refractivity contribution is 5.06. The number of nitrogens with zero attached hydrogens (tertiary/aromatic N) is 1. The fourth-order valence-corrected chi connectivity index (χ4v) is 4.40. The van der Waals surface area contributed by atoms with Gasteiger partial charge in [0.05, 0.1) is 6.10 Å². The zero-order valence-electron chi connectivity index (χ0n) is 12.9. The molecular weight excluding hydrogens is 248 g/mol. The number of nitrogens with one attached hydrogen (secondary N) is 1. The molecule has 1 N–H and O–H groups in total. The Morgan fingerprint density at radius 1 is 1.20 bits per heavy atom. The standard InChI is InChI=1S/C17H30N2O/c1-17(14-6-7-14)12-18-16(13-4-5-13)11-19(17)9-8-15-3-2-10-20-15/h13-16,18H,2-12H2,1H3. The number of rotatable bonds is 5. The molecule has 4 rings (SSSR count). The van der Waals surface area contributed by atoms with Gasteiger partial charge in [0, 0.05) is 37.8 Å². The van der Waals surface area contributed by atoms with Crippen molar-refractivity contribution in [3.8, 4) is 0 Å². The smallest absolute Gasteiger partial charge is 0.0588 e. The molecule has 0 aromatic carbocycles. The summed E-state index contributed by atoms with van der Waals surface area (Å²) in [6.07, 6.45) is 10.2. The molecule has 0 radical (unpaired) electrons. The predicted octanol–water partition coefficient (Wildman–Crippen LogP) is 2.41. The third-order valence-corrected chi connectivity index (χ3v) is 6.25. The topological polar surface area (TPSA) is 24.5 Å². The fourth-order valence-electron chi connectivity index (χ4n) is 4.40. The Bertz CT molecular complexity index is 347. The van der Waals surface area contributed by atoms with Crippen molar-refractivity contribution < 1.29 is 4.74 Å². The summed E-state index contributed by atoms with van der Waals surface area (Å²) < 4.78 is 5.83. The Morgan fingerprint density at radius 2 is 2.05 bits per heavy atom. The summed E-state index contributed by atoms with van der Waals surface area (Å²) >= 11 is 0. The van der Waals surface area contributed by atoms with E-state index in [2.05, 4.69) is 17.1 Å². The molecule has 20 heavy (non-hydrogen) atoms. The van der Waals surface area contributed by atoms with E-state index >= 15 is 0 Å². The van der Waals surface area contributed by atoms with Crippen LogP contribution in [0.15, 0.2) is 0 Å². The summed E-state index contributed by atoms with van der Waals surface area (Å²) in [5.74, 6) is 1.92. The second-order valence-electron chi connectivity index (χ2n) is 7.83. The summed E-state index contributed by atoms with van der Waals surface area (Å²) in [4.78, 5) is 2.84. The normalized spacial score (nSPS) is 43.0. The SMILES string of the molecule is CC1(C2CC2)CNC(C2CC2)CN1CCC1CCCO1. The summed E-state index contributed by atoms with van der Waals surface area (Å²) in [6.45, 7) is 7.25. The molecule has 2 saturated carbocycles. The molecule has 4 fully saturated rings. The van der Waals surface area contributed by atoms with Gasteiger partial charge in [-0.2, -0.15) is 0 Å². The maximum absolute atomic E-state index is 5.83. The van der Waals surface area contributed by atoms with Crippen LogP contribution >= 0.6 is 0 Å². The van der Waals surface area contributed by atoms with Gasteiger partial charge < -0.3 is 10.1 Å². The van der Waals surface area contributed by atoms with Crippen molar-refractivity contribution in [2.45, 2.75) is 69.6 Å². The average Bonchev–Trinajstić information content (AvgIpc) is 3.36. The molecule has 0 aromatic rings. The van der Waals surface area contributed by atoms with Gasteiger partial charge in [-0.15, -0.1) is 0 Å². The van der Waals surface area contributed by atoms with E-state index in [1.807, 2.05) is 0 Å². The van der Waals surface area contributed by atoms with Gasteiger partial charge in [0.15, 0.2) is 0 Å². The number of hydrogen-bond donors (Lipinski definition) is 1. The number of piperazine rings is 1. The van der Waals surface area contributed by atoms with Crippen LogP contribution in [0.1, 0.15) is 51.9 Å². The highest BCUT2D eigenvalue weighted by Crippen LogP contribution is 2.45. The van der Waals surface area contributed by atoms with Crippen LogP contribution in [0.2, 0.25) is 0 Å². The van der Waals surface area contributed by atoms with Gasteiger partial charge in [0.2, 0.25) is 0 Å². The third-order valence-electron chi connectivity index (χ3n) is 6.25. The van der Waals surface area contributed by atoms with Crippen molar-refractivity contribution in [1.29, 1.82) is 0 Å². The van der Waals surface area contributed by atoms with E-state index < -0.39 is 0 Å². The average molecular weight is 278 g/mol. The van der Waals surface area contributed by atoms with E-state index in [-0.39, 0.29) is 0 Å². The van der Waals surface area contributed by atoms with Gasteiger partial charge >= 0.3 is 0 Å². The van der Waals surface area contributed by atoms with Gasteiger partial charge in [-0.1, -0.05) is 0 Å². The second kappa shape index (κ2) is 5.26. The van der Waals surface area contributed by atoms with Crippen molar-refractivity contribution in [3.05, 3.63) is 0 Å². The highest BCUT2D eigenvalue weighted by Gasteiger charge is 2.49. The molecular formula is C17H30N2O. The van der Waals surface area contributed by atoms with E-state index in [1.165, 1.54) is 64.6 Å².